The van der Waals surface area contributed by atoms with Crippen molar-refractivity contribution in [3.8, 4) is 5.75 Å². The zero-order chi connectivity index (χ0) is 99.6. The Labute approximate surface area is 789 Å². The minimum absolute atomic E-state index is 0.0453. The number of hydrogen-bond acceptors (Lipinski definition) is 29. The smallest absolute Gasteiger partial charge is 0.305 e. The molecule has 3 aromatic rings. The summed E-state index contributed by atoms with van der Waals surface area (Å²) in [6, 6.07) is -12.0. The first kappa shape index (κ1) is 111. The van der Waals surface area contributed by atoms with Crippen LogP contribution in [-0.2, 0) is 104 Å². The van der Waals surface area contributed by atoms with Crippen LogP contribution < -0.4 is 102 Å². The number of rotatable bonds is 57. The van der Waals surface area contributed by atoms with E-state index in [1.807, 2.05) is 0 Å². The summed E-state index contributed by atoms with van der Waals surface area (Å²) >= 11 is 16.6. The number of benzene rings is 2. The lowest BCUT2D eigenvalue weighted by Gasteiger charge is -2.31. The van der Waals surface area contributed by atoms with E-state index in [0.717, 1.165) is 9.80 Å². The Morgan fingerprint density at radius 2 is 0.896 bits per heavy atom. The third-order valence-electron chi connectivity index (χ3n) is 21.2. The van der Waals surface area contributed by atoms with Crippen molar-refractivity contribution in [2.75, 3.05) is 62.3 Å². The molecule has 0 radical (unpaired) electrons. The highest BCUT2D eigenvalue weighted by Gasteiger charge is 2.45. The summed E-state index contributed by atoms with van der Waals surface area (Å²) in [7, 11) is 0. The van der Waals surface area contributed by atoms with Crippen molar-refractivity contribution in [2.24, 2.45) is 23.1 Å². The van der Waals surface area contributed by atoms with E-state index in [-0.39, 0.29) is 112 Å². The molecule has 736 valence electrons. The standard InChI is InChI=1S/C80H117N25O25S4/c1-3-39(2)62(76(128)100-52(34-131)63(81)115)103-67(119)46(21-22-59(109)110)94-75(127)57-16-9-25-104(57)77(129)49(28-42-31-86-38-90-42)97-69(121)48(29-60(111)112)96-68(120)47(27-40-17-19-43(107)20-18-40)95-65(117)44(13-7-23-87-79(82)83)92-72(124)54(36-133)101-66(118)45(14-8-24-88-80(84)85)93-74(126)56-15-10-26-105(56)78(130)50(30-61(113)114)98-70(122)51(33-106)99-73(125)55(37-134)102-71(123)53(35-132)91-58(108)32-89-64(116)41-11-5-4-6-12-41/h4-6,11-12,17-20,31,38-39,44-57,62,106-107,131-134H,3,7-10,13-16,21-30,32-37H2,1-2H3,(H2,81,115)(H,86,90)(H,89,116)(H,91,108)(H,92,124)(H,93,126)(H,94,127)(H,95,117)(H,96,120)(H,97,121)(H,98,122)(H,99,125)(H,100,128)(H,101,118)(H,102,123)(H,103,119)(H,109,110)(H,111,112)(H,113,114)(H4,82,83,87)(H4,84,85,88)/t39-,44-,45-,46-,47-,48-,49-,50-,51-,52-,53-,54-,55-,56-,57-,62-/m0/s1. The van der Waals surface area contributed by atoms with Crippen LogP contribution in [0, 0.1) is 16.7 Å². The lowest BCUT2D eigenvalue weighted by molar-refractivity contribution is -0.146. The van der Waals surface area contributed by atoms with Gasteiger partial charge in [-0.25, -0.2) is 4.98 Å². The first-order valence-electron chi connectivity index (χ1n) is 42.4. The fourth-order valence-corrected chi connectivity index (χ4v) is 14.8. The number of aliphatic hydroxyl groups is 1. The summed E-state index contributed by atoms with van der Waals surface area (Å²) < 4.78 is 0. The van der Waals surface area contributed by atoms with Crippen LogP contribution in [-0.4, -0.2) is 329 Å². The number of aliphatic carboxylic acids is 3. The molecule has 17 amide bonds. The van der Waals surface area contributed by atoms with E-state index in [1.54, 1.807) is 32.0 Å². The van der Waals surface area contributed by atoms with E-state index in [9.17, 15) is 121 Å². The molecule has 50 nitrogen and oxygen atoms in total. The predicted octanol–water partition coefficient (Wildman–Crippen LogP) is -8.80. The number of aromatic amines is 1. The molecule has 30 N–H and O–H groups in total. The van der Waals surface area contributed by atoms with Gasteiger partial charge >= 0.3 is 17.9 Å². The number of thiol groups is 4. The molecule has 16 atom stereocenters. The van der Waals surface area contributed by atoms with Gasteiger partial charge in [-0.3, -0.25) is 107 Å². The zero-order valence-electron chi connectivity index (χ0n) is 73.0. The monoisotopic (exact) mass is 1960 g/mol. The van der Waals surface area contributed by atoms with Crippen molar-refractivity contribution >= 4 is 181 Å². The Kier molecular flexibility index (Phi) is 47.0. The zero-order valence-corrected chi connectivity index (χ0v) is 76.6. The second kappa shape index (κ2) is 56.6. The van der Waals surface area contributed by atoms with Gasteiger partial charge in [-0.1, -0.05) is 50.6 Å². The molecule has 2 fully saturated rings. The van der Waals surface area contributed by atoms with Crippen molar-refractivity contribution in [3.05, 3.63) is 83.9 Å². The molecule has 3 heterocycles. The maximum Gasteiger partial charge on any atom is 0.305 e. The van der Waals surface area contributed by atoms with Crippen LogP contribution in [0.2, 0.25) is 0 Å². The summed E-state index contributed by atoms with van der Waals surface area (Å²) in [5.41, 5.74) is 17.1. The topological polar surface area (TPSA) is 796 Å². The first-order chi connectivity index (χ1) is 63.6. The molecular formula is C80H117N25O25S4. The largest absolute Gasteiger partial charge is 0.508 e. The fraction of sp³-hybridized carbons (Fsp3) is 0.537. The summed E-state index contributed by atoms with van der Waals surface area (Å²) in [6.45, 7) is 0.929. The lowest BCUT2D eigenvalue weighted by Crippen LogP contribution is -2.61. The number of aromatic hydroxyl groups is 1. The normalized spacial score (nSPS) is 16.4. The summed E-state index contributed by atoms with van der Waals surface area (Å²) in [5, 5.41) is 105. The van der Waals surface area contributed by atoms with Crippen molar-refractivity contribution < 1.29 is 121 Å². The van der Waals surface area contributed by atoms with Crippen LogP contribution >= 0.6 is 50.5 Å². The molecule has 2 aliphatic heterocycles. The third-order valence-corrected chi connectivity index (χ3v) is 22.6. The first-order valence-corrected chi connectivity index (χ1v) is 44.9. The Morgan fingerprint density at radius 3 is 1.37 bits per heavy atom. The van der Waals surface area contributed by atoms with Crippen LogP contribution in [0.1, 0.15) is 119 Å². The number of nitrogens with zero attached hydrogens (tertiary/aromatic N) is 3. The van der Waals surface area contributed by atoms with Gasteiger partial charge in [0.25, 0.3) is 5.91 Å². The number of carbonyl (C=O) groups is 20. The summed E-state index contributed by atoms with van der Waals surface area (Å²) in [5.74, 6) is -25.9. The number of guanidine groups is 2. The number of H-pyrrole nitrogens is 1. The summed E-state index contributed by atoms with van der Waals surface area (Å²) in [4.78, 5) is 284. The number of amides is 17. The number of carbonyl (C=O) groups excluding carboxylic acids is 17. The van der Waals surface area contributed by atoms with Crippen molar-refractivity contribution in [2.45, 2.75) is 201 Å². The minimum Gasteiger partial charge on any atom is -0.508 e. The molecule has 2 aliphatic rings. The second-order valence-corrected chi connectivity index (χ2v) is 32.6. The lowest BCUT2D eigenvalue weighted by atomic mass is 9.97. The Morgan fingerprint density at radius 1 is 0.478 bits per heavy atom. The molecular weight excluding hydrogens is 1840 g/mol. The van der Waals surface area contributed by atoms with Crippen molar-refractivity contribution in [1.29, 1.82) is 10.8 Å². The number of nitrogens with two attached hydrogens (primary N) is 3. The molecule has 54 heteroatoms. The highest BCUT2D eigenvalue weighted by atomic mass is 32.1. The number of hydrogen-bond donors (Lipinski definition) is 31. The maximum absolute atomic E-state index is 15.0. The number of carboxylic acids is 3. The number of aromatic nitrogens is 2. The van der Waals surface area contributed by atoms with Gasteiger partial charge in [-0.15, -0.1) is 0 Å². The fourth-order valence-electron chi connectivity index (χ4n) is 13.8. The van der Waals surface area contributed by atoms with Gasteiger partial charge < -0.3 is 143 Å². The van der Waals surface area contributed by atoms with Gasteiger partial charge in [-0.05, 0) is 93.5 Å². The number of imidazole rings is 1. The summed E-state index contributed by atoms with van der Waals surface area (Å²) in [6.07, 6.45) is -2.49. The van der Waals surface area contributed by atoms with Crippen LogP contribution in [0.25, 0.3) is 0 Å². The maximum atomic E-state index is 15.0. The predicted molar refractivity (Wildman–Crippen MR) is 488 cm³/mol. The molecule has 0 aliphatic carbocycles. The van der Waals surface area contributed by atoms with Crippen LogP contribution in [0.3, 0.4) is 0 Å². The van der Waals surface area contributed by atoms with E-state index >= 15 is 0 Å². The SMILES string of the molecule is CC[C@H](C)[C@H](NC(=O)[C@H](CCC(=O)O)NC(=O)[C@@H]1CCCN1C(=O)[C@H](Cc1cnc[nH]1)NC(=O)[C@H](CC(=O)O)NC(=O)[C@H](Cc1ccc(O)cc1)NC(=O)[C@H](CCCNC(=N)N)NC(=O)[C@H](CS)NC(=O)[C@H](CCCNC(=N)N)NC(=O)[C@@H]1CCCN1C(=O)[C@H](CC(=O)O)NC(=O)[C@H](CO)NC(=O)[C@H](CS)NC(=O)[C@H](CS)NC(=O)CNC(=O)c1ccccc1)C(=O)N[C@@H](CS)C(N)=O. The Balaban J connectivity index is 1.36. The minimum atomic E-state index is -2.12. The quantitative estimate of drug-likeness (QED) is 0.0108. The number of aliphatic hydroxyl groups excluding tert-OH is 1. The van der Waals surface area contributed by atoms with Crippen molar-refractivity contribution in [1.82, 2.24) is 105 Å². The highest BCUT2D eigenvalue weighted by molar-refractivity contribution is 7.80. The van der Waals surface area contributed by atoms with Crippen LogP contribution in [0.15, 0.2) is 67.1 Å². The molecule has 5 rings (SSSR count). The number of phenolic OH excluding ortho intramolecular Hbond substituents is 1. The second-order valence-electron chi connectivity index (χ2n) is 31.2. The van der Waals surface area contributed by atoms with Gasteiger partial charge in [0, 0.05) is 85.9 Å². The van der Waals surface area contributed by atoms with E-state index in [0.29, 0.717) is 6.42 Å². The van der Waals surface area contributed by atoms with E-state index in [1.165, 1.54) is 48.9 Å². The number of carboxylic acid groups (broad SMARTS) is 3. The molecule has 0 bridgehead atoms. The van der Waals surface area contributed by atoms with Crippen molar-refractivity contribution in [3.63, 3.8) is 0 Å². The molecule has 1 aromatic heterocycles. The van der Waals surface area contributed by atoms with E-state index in [4.69, 9.17) is 28.0 Å². The molecule has 134 heavy (non-hydrogen) atoms. The third kappa shape index (κ3) is 36.7. The van der Waals surface area contributed by atoms with Gasteiger partial charge in [0.15, 0.2) is 11.9 Å². The van der Waals surface area contributed by atoms with Crippen LogP contribution in [0.4, 0.5) is 0 Å². The molecule has 2 aromatic carbocycles. The molecule has 2 saturated heterocycles. The van der Waals surface area contributed by atoms with Gasteiger partial charge in [0.1, 0.15) is 96.4 Å². The number of phenols is 1. The highest BCUT2D eigenvalue weighted by Crippen LogP contribution is 2.24. The number of primary amides is 1. The average Bonchev–Trinajstić information content (AvgIpc) is 1.64. The van der Waals surface area contributed by atoms with Crippen LogP contribution in [0.5, 0.6) is 5.75 Å². The Bertz CT molecular complexity index is 4650. The Hall–Kier alpha value is -13.2. The molecule has 0 spiro atoms. The van der Waals surface area contributed by atoms with E-state index in [2.05, 4.69) is 146 Å². The van der Waals surface area contributed by atoms with Gasteiger partial charge in [-0.2, -0.15) is 50.5 Å². The number of likely N-dealkylation sites (tertiary alicyclic amines) is 2. The van der Waals surface area contributed by atoms with E-state index < -0.39 is 290 Å². The molecule has 0 saturated carbocycles. The number of nitrogens with one attached hydrogen (secondary N) is 19. The van der Waals surface area contributed by atoms with Gasteiger partial charge in [0.2, 0.25) is 94.5 Å². The van der Waals surface area contributed by atoms with Gasteiger partial charge in [0.05, 0.1) is 32.3 Å². The average molecular weight is 1960 g/mol. The molecule has 0 unspecified atom stereocenters.